The van der Waals surface area contributed by atoms with Crippen LogP contribution in [0, 0.1) is 0 Å². The van der Waals surface area contributed by atoms with Crippen LogP contribution in [0.15, 0.2) is 48.6 Å². The van der Waals surface area contributed by atoms with E-state index in [4.69, 9.17) is 9.47 Å². The van der Waals surface area contributed by atoms with Gasteiger partial charge in [0.15, 0.2) is 6.29 Å². The normalized spacial score (nSPS) is 20.8. The van der Waals surface area contributed by atoms with Crippen LogP contribution in [0.5, 0.6) is 0 Å². The van der Waals surface area contributed by atoms with Gasteiger partial charge >= 0.3 is 0 Å². The fourth-order valence-electron chi connectivity index (χ4n) is 7.79. The number of rotatable bonds is 42. The first-order valence-electron chi connectivity index (χ1n) is 25.4. The largest absolute Gasteiger partial charge is 0.394 e. The summed E-state index contributed by atoms with van der Waals surface area (Å²) in [5.41, 5.74) is 0. The van der Waals surface area contributed by atoms with E-state index in [1.807, 2.05) is 6.08 Å². The van der Waals surface area contributed by atoms with E-state index in [1.165, 1.54) is 154 Å². The number of allylic oxidation sites excluding steroid dienone is 7. The molecular formula is C52H95NO8. The van der Waals surface area contributed by atoms with Crippen molar-refractivity contribution < 1.29 is 39.8 Å². The van der Waals surface area contributed by atoms with Crippen LogP contribution in [0.25, 0.3) is 0 Å². The minimum Gasteiger partial charge on any atom is -0.394 e. The van der Waals surface area contributed by atoms with Crippen molar-refractivity contribution in [2.75, 3.05) is 13.2 Å². The molecule has 7 unspecified atom stereocenters. The summed E-state index contributed by atoms with van der Waals surface area (Å²) in [5.74, 6) is -0.190. The van der Waals surface area contributed by atoms with Crippen molar-refractivity contribution in [3.63, 3.8) is 0 Å². The molecule has 0 radical (unpaired) electrons. The summed E-state index contributed by atoms with van der Waals surface area (Å²) in [4.78, 5) is 13.0. The molecule has 0 bridgehead atoms. The van der Waals surface area contributed by atoms with E-state index in [-0.39, 0.29) is 12.5 Å². The van der Waals surface area contributed by atoms with Crippen LogP contribution in [0.1, 0.15) is 219 Å². The third-order valence-corrected chi connectivity index (χ3v) is 11.9. The first-order valence-corrected chi connectivity index (χ1v) is 25.4. The molecule has 0 aromatic heterocycles. The molecule has 1 saturated heterocycles. The highest BCUT2D eigenvalue weighted by atomic mass is 16.7. The molecule has 7 atom stereocenters. The molecule has 1 rings (SSSR count). The van der Waals surface area contributed by atoms with Gasteiger partial charge in [-0.2, -0.15) is 0 Å². The van der Waals surface area contributed by atoms with Crippen LogP contribution in [0.4, 0.5) is 0 Å². The van der Waals surface area contributed by atoms with Gasteiger partial charge in [0.25, 0.3) is 0 Å². The molecule has 0 spiro atoms. The molecule has 1 aliphatic rings. The van der Waals surface area contributed by atoms with Crippen LogP contribution >= 0.6 is 0 Å². The Labute approximate surface area is 373 Å². The van der Waals surface area contributed by atoms with Gasteiger partial charge in [-0.05, 0) is 64.2 Å². The number of carbonyl (C=O) groups is 1. The lowest BCUT2D eigenvalue weighted by Gasteiger charge is -2.40. The molecule has 1 fully saturated rings. The maximum Gasteiger partial charge on any atom is 0.220 e. The van der Waals surface area contributed by atoms with E-state index in [0.717, 1.165) is 44.9 Å². The average molecular weight is 862 g/mol. The van der Waals surface area contributed by atoms with E-state index in [1.54, 1.807) is 6.08 Å². The predicted molar refractivity (Wildman–Crippen MR) is 253 cm³/mol. The first kappa shape index (κ1) is 57.2. The van der Waals surface area contributed by atoms with Gasteiger partial charge in [0.2, 0.25) is 5.91 Å². The smallest absolute Gasteiger partial charge is 0.220 e. The SMILES string of the molecule is CCCCCCC/C=C\C/C=C\CCCCCCCCCCCCCC(=O)NC(COC1OC(CO)C(O)C(O)C1O)C(O)/C=C/CC/C=C/CCCCCCCCCCC. The van der Waals surface area contributed by atoms with Crippen molar-refractivity contribution in [1.29, 1.82) is 0 Å². The Bertz CT molecular complexity index is 1090. The van der Waals surface area contributed by atoms with Crippen molar-refractivity contribution >= 4 is 5.91 Å². The highest BCUT2D eigenvalue weighted by molar-refractivity contribution is 5.76. The Morgan fingerprint density at radius 1 is 0.557 bits per heavy atom. The molecule has 1 heterocycles. The number of unbranched alkanes of at least 4 members (excludes halogenated alkanes) is 26. The van der Waals surface area contributed by atoms with Crippen LogP contribution in [0.3, 0.4) is 0 Å². The zero-order valence-corrected chi connectivity index (χ0v) is 39.2. The minimum atomic E-state index is -1.57. The standard InChI is InChI=1S/C52H95NO8/c1-3-5-7-9-11-13-15-17-19-20-21-22-23-24-25-26-28-30-32-34-36-38-40-42-48(56)53-45(44-60-52-51(59)50(58)49(57)47(43-54)61-52)46(55)41-39-37-35-33-31-29-27-18-16-14-12-10-8-6-4-2/h15,17,20-21,31,33,39,41,45-47,49-52,54-55,57-59H,3-14,16,18-19,22-30,32,34-38,40,42-44H2,1-2H3,(H,53,56)/b17-15-,21-20-,33-31+,41-39+. The van der Waals surface area contributed by atoms with E-state index < -0.39 is 49.5 Å². The minimum absolute atomic E-state index is 0.190. The second kappa shape index (κ2) is 42.1. The Hall–Kier alpha value is -1.85. The predicted octanol–water partition coefficient (Wildman–Crippen LogP) is 11.4. The summed E-state index contributed by atoms with van der Waals surface area (Å²) >= 11 is 0. The number of aliphatic hydroxyl groups is 5. The summed E-state index contributed by atoms with van der Waals surface area (Å²) in [7, 11) is 0. The summed E-state index contributed by atoms with van der Waals surface area (Å²) in [6, 6.07) is -0.822. The van der Waals surface area contributed by atoms with Gasteiger partial charge in [-0.1, -0.05) is 197 Å². The van der Waals surface area contributed by atoms with Crippen molar-refractivity contribution in [3.8, 4) is 0 Å². The molecule has 1 amide bonds. The number of hydrogen-bond acceptors (Lipinski definition) is 8. The van der Waals surface area contributed by atoms with Crippen molar-refractivity contribution in [2.45, 2.75) is 262 Å². The van der Waals surface area contributed by atoms with Gasteiger partial charge in [0.05, 0.1) is 25.4 Å². The monoisotopic (exact) mass is 862 g/mol. The quantitative estimate of drug-likeness (QED) is 0.0262. The van der Waals surface area contributed by atoms with E-state index in [2.05, 4.69) is 55.6 Å². The van der Waals surface area contributed by atoms with Gasteiger partial charge in [-0.15, -0.1) is 0 Å². The van der Waals surface area contributed by atoms with E-state index in [0.29, 0.717) is 6.42 Å². The lowest BCUT2D eigenvalue weighted by molar-refractivity contribution is -0.302. The molecule has 1 aliphatic heterocycles. The lowest BCUT2D eigenvalue weighted by atomic mass is 9.99. The van der Waals surface area contributed by atoms with E-state index in [9.17, 15) is 30.3 Å². The fraction of sp³-hybridized carbons (Fsp3) is 0.827. The highest BCUT2D eigenvalue weighted by Gasteiger charge is 2.44. The molecule has 9 nitrogen and oxygen atoms in total. The van der Waals surface area contributed by atoms with Crippen LogP contribution < -0.4 is 5.32 Å². The van der Waals surface area contributed by atoms with Gasteiger partial charge < -0.3 is 40.3 Å². The van der Waals surface area contributed by atoms with Gasteiger partial charge in [0, 0.05) is 6.42 Å². The number of ether oxygens (including phenoxy) is 2. The highest BCUT2D eigenvalue weighted by Crippen LogP contribution is 2.23. The molecule has 6 N–H and O–H groups in total. The second-order valence-corrected chi connectivity index (χ2v) is 17.6. The number of nitrogens with one attached hydrogen (secondary N) is 1. The number of hydrogen-bond donors (Lipinski definition) is 6. The van der Waals surface area contributed by atoms with Crippen molar-refractivity contribution in [1.82, 2.24) is 5.32 Å². The summed E-state index contributed by atoms with van der Waals surface area (Å²) < 4.78 is 11.2. The number of amides is 1. The topological polar surface area (TPSA) is 149 Å². The van der Waals surface area contributed by atoms with Gasteiger partial charge in [-0.25, -0.2) is 0 Å². The van der Waals surface area contributed by atoms with Crippen LogP contribution in [-0.4, -0.2) is 87.5 Å². The number of carbonyl (C=O) groups excluding carboxylic acids is 1. The Morgan fingerprint density at radius 2 is 0.984 bits per heavy atom. The molecule has 0 aliphatic carbocycles. The summed E-state index contributed by atoms with van der Waals surface area (Å²) in [6.07, 6.45) is 47.3. The lowest BCUT2D eigenvalue weighted by Crippen LogP contribution is -2.60. The molecule has 0 aromatic carbocycles. The zero-order valence-electron chi connectivity index (χ0n) is 39.2. The third kappa shape index (κ3) is 32.5. The second-order valence-electron chi connectivity index (χ2n) is 17.6. The molecular weight excluding hydrogens is 767 g/mol. The molecule has 0 saturated carbocycles. The fourth-order valence-corrected chi connectivity index (χ4v) is 7.79. The maximum absolute atomic E-state index is 13.0. The van der Waals surface area contributed by atoms with E-state index >= 15 is 0 Å². The van der Waals surface area contributed by atoms with Crippen LogP contribution in [0.2, 0.25) is 0 Å². The van der Waals surface area contributed by atoms with Crippen molar-refractivity contribution in [2.24, 2.45) is 0 Å². The third-order valence-electron chi connectivity index (χ3n) is 11.9. The molecule has 0 aromatic rings. The van der Waals surface area contributed by atoms with Gasteiger partial charge in [0.1, 0.15) is 24.4 Å². The van der Waals surface area contributed by atoms with Crippen molar-refractivity contribution in [3.05, 3.63) is 48.6 Å². The summed E-state index contributed by atoms with van der Waals surface area (Å²) in [6.45, 7) is 3.75. The number of aliphatic hydroxyl groups excluding tert-OH is 5. The van der Waals surface area contributed by atoms with Gasteiger partial charge in [-0.3, -0.25) is 4.79 Å². The molecule has 356 valence electrons. The Balaban J connectivity index is 2.30. The first-order chi connectivity index (χ1) is 29.8. The van der Waals surface area contributed by atoms with Crippen LogP contribution in [-0.2, 0) is 14.3 Å². The zero-order chi connectivity index (χ0) is 44.4. The average Bonchev–Trinajstić information content (AvgIpc) is 3.26. The maximum atomic E-state index is 13.0. The molecule has 61 heavy (non-hydrogen) atoms. The molecule has 9 heteroatoms. The summed E-state index contributed by atoms with van der Waals surface area (Å²) in [5, 5.41) is 54.3. The Kier molecular flexibility index (Phi) is 39.5. The Morgan fingerprint density at radius 3 is 1.48 bits per heavy atom.